The molecule has 0 saturated carbocycles. The molecule has 0 atom stereocenters. The third kappa shape index (κ3) is 2.84. The highest BCUT2D eigenvalue weighted by atomic mass is 16.4. The average Bonchev–Trinajstić information content (AvgIpc) is 3.40. The Morgan fingerprint density at radius 1 is 1.14 bits per heavy atom. The van der Waals surface area contributed by atoms with Crippen molar-refractivity contribution in [2.45, 2.75) is 0 Å². The van der Waals surface area contributed by atoms with Crippen molar-refractivity contribution in [3.63, 3.8) is 0 Å². The van der Waals surface area contributed by atoms with Crippen molar-refractivity contribution in [1.29, 1.82) is 0 Å². The van der Waals surface area contributed by atoms with E-state index in [-0.39, 0.29) is 6.01 Å². The largest absolute Gasteiger partial charge is 0.403 e. The van der Waals surface area contributed by atoms with Gasteiger partial charge in [-0.25, -0.2) is 4.98 Å². The lowest BCUT2D eigenvalue weighted by atomic mass is 10.1. The molecule has 5 aromatic rings. The second-order valence-corrected chi connectivity index (χ2v) is 6.39. The number of pyridine rings is 1. The zero-order chi connectivity index (χ0) is 19.1. The number of nitrogen functional groups attached to an aromatic ring is 1. The molecule has 1 aromatic carbocycles. The minimum atomic E-state index is 0.284. The molecule has 0 saturated heterocycles. The molecule has 0 unspecified atom stereocenters. The number of hydrogen-bond acceptors (Lipinski definition) is 7. The van der Waals surface area contributed by atoms with Gasteiger partial charge in [0, 0.05) is 53.5 Å². The molecular formula is C19H16N8O. The number of aromatic amines is 1. The van der Waals surface area contributed by atoms with E-state index in [1.165, 1.54) is 0 Å². The first kappa shape index (κ1) is 16.1. The summed E-state index contributed by atoms with van der Waals surface area (Å²) in [6.07, 6.45) is 7.35. The van der Waals surface area contributed by atoms with Crippen LogP contribution in [0, 0.1) is 0 Å². The number of nitrogens with one attached hydrogen (secondary N) is 2. The molecule has 0 radical (unpaired) electrons. The summed E-state index contributed by atoms with van der Waals surface area (Å²) >= 11 is 0. The molecule has 138 valence electrons. The lowest BCUT2D eigenvalue weighted by Gasteiger charge is -2.01. The fourth-order valence-corrected chi connectivity index (χ4v) is 3.03. The van der Waals surface area contributed by atoms with E-state index in [1.54, 1.807) is 23.1 Å². The van der Waals surface area contributed by atoms with Crippen molar-refractivity contribution in [2.24, 2.45) is 7.05 Å². The third-order valence-electron chi connectivity index (χ3n) is 4.36. The Hall–Kier alpha value is -4.14. The quantitative estimate of drug-likeness (QED) is 0.413. The van der Waals surface area contributed by atoms with Gasteiger partial charge >= 0.3 is 6.01 Å². The van der Waals surface area contributed by atoms with E-state index in [9.17, 15) is 0 Å². The normalized spacial score (nSPS) is 11.2. The topological polar surface area (TPSA) is 123 Å². The van der Waals surface area contributed by atoms with Gasteiger partial charge in [0.2, 0.25) is 0 Å². The van der Waals surface area contributed by atoms with Crippen LogP contribution in [0.5, 0.6) is 0 Å². The van der Waals surface area contributed by atoms with Crippen molar-refractivity contribution in [3.8, 4) is 22.6 Å². The maximum atomic E-state index is 5.80. The first-order valence-electron chi connectivity index (χ1n) is 8.58. The lowest BCUT2D eigenvalue weighted by molar-refractivity contribution is 0.588. The Bertz CT molecular complexity index is 1280. The highest BCUT2D eigenvalue weighted by Gasteiger charge is 2.15. The Labute approximate surface area is 159 Å². The average molecular weight is 372 g/mol. The van der Waals surface area contributed by atoms with Crippen LogP contribution in [0.3, 0.4) is 0 Å². The summed E-state index contributed by atoms with van der Waals surface area (Å²) in [6, 6.07) is 9.63. The van der Waals surface area contributed by atoms with Crippen LogP contribution in [0.25, 0.3) is 33.6 Å². The van der Waals surface area contributed by atoms with Crippen molar-refractivity contribution in [2.75, 3.05) is 11.1 Å². The minimum Gasteiger partial charge on any atom is -0.403 e. The van der Waals surface area contributed by atoms with Crippen LogP contribution in [0.4, 0.5) is 17.4 Å². The van der Waals surface area contributed by atoms with E-state index >= 15 is 0 Å². The van der Waals surface area contributed by atoms with E-state index in [1.807, 2.05) is 43.7 Å². The molecule has 28 heavy (non-hydrogen) atoms. The Morgan fingerprint density at radius 3 is 2.89 bits per heavy atom. The SMILES string of the molecule is Cn1cc(-c2cnc3[nH]cc(-c4nnc(Nc5cccc(N)c5)o4)c3c2)cn1. The summed E-state index contributed by atoms with van der Waals surface area (Å²) in [5.41, 5.74) is 10.7. The van der Waals surface area contributed by atoms with Gasteiger partial charge in [-0.2, -0.15) is 5.10 Å². The number of anilines is 3. The Morgan fingerprint density at radius 2 is 2.07 bits per heavy atom. The Balaban J connectivity index is 1.50. The van der Waals surface area contributed by atoms with Gasteiger partial charge < -0.3 is 20.5 Å². The number of nitrogens with two attached hydrogens (primary N) is 1. The number of nitrogens with zero attached hydrogens (tertiary/aromatic N) is 5. The second-order valence-electron chi connectivity index (χ2n) is 6.39. The maximum absolute atomic E-state index is 5.80. The molecule has 0 fully saturated rings. The number of fused-ring (bicyclic) bond motifs is 1. The van der Waals surface area contributed by atoms with E-state index in [0.29, 0.717) is 11.6 Å². The first-order valence-corrected chi connectivity index (χ1v) is 8.58. The molecule has 0 bridgehead atoms. The van der Waals surface area contributed by atoms with Crippen LogP contribution in [-0.2, 0) is 7.05 Å². The summed E-state index contributed by atoms with van der Waals surface area (Å²) in [5, 5.41) is 16.4. The third-order valence-corrected chi connectivity index (χ3v) is 4.36. The zero-order valence-electron chi connectivity index (χ0n) is 14.9. The minimum absolute atomic E-state index is 0.284. The predicted molar refractivity (Wildman–Crippen MR) is 106 cm³/mol. The second kappa shape index (κ2) is 6.23. The van der Waals surface area contributed by atoms with Crippen LogP contribution in [0.15, 0.2) is 59.5 Å². The molecule has 0 aliphatic heterocycles. The first-order chi connectivity index (χ1) is 13.7. The van der Waals surface area contributed by atoms with Crippen molar-refractivity contribution in [1.82, 2.24) is 29.9 Å². The van der Waals surface area contributed by atoms with Gasteiger partial charge in [-0.15, -0.1) is 5.10 Å². The summed E-state index contributed by atoms with van der Waals surface area (Å²) in [5.74, 6) is 0.391. The van der Waals surface area contributed by atoms with Crippen molar-refractivity contribution in [3.05, 3.63) is 55.1 Å². The number of H-pyrrole nitrogens is 1. The van der Waals surface area contributed by atoms with Crippen molar-refractivity contribution >= 4 is 28.4 Å². The van der Waals surface area contributed by atoms with Gasteiger partial charge in [-0.1, -0.05) is 11.2 Å². The number of aryl methyl sites for hydroxylation is 1. The fraction of sp³-hybridized carbons (Fsp3) is 0.0526. The van der Waals surface area contributed by atoms with Gasteiger partial charge in [-0.3, -0.25) is 4.68 Å². The van der Waals surface area contributed by atoms with Crippen LogP contribution in [0.2, 0.25) is 0 Å². The number of aromatic nitrogens is 6. The zero-order valence-corrected chi connectivity index (χ0v) is 14.9. The number of benzene rings is 1. The standard InChI is InChI=1S/C19H16N8O/c1-27-10-12(8-23-27)11-5-15-16(9-22-17(15)21-7-11)18-25-26-19(28-18)24-14-4-2-3-13(20)6-14/h2-10H,20H2,1H3,(H,21,22)(H,24,26). The smallest absolute Gasteiger partial charge is 0.320 e. The number of hydrogen-bond donors (Lipinski definition) is 3. The Kier molecular flexibility index (Phi) is 3.58. The maximum Gasteiger partial charge on any atom is 0.320 e. The van der Waals surface area contributed by atoms with Crippen LogP contribution < -0.4 is 11.1 Å². The van der Waals surface area contributed by atoms with Gasteiger partial charge in [0.25, 0.3) is 5.89 Å². The molecule has 5 rings (SSSR count). The molecule has 9 heteroatoms. The molecule has 4 aromatic heterocycles. The predicted octanol–water partition coefficient (Wildman–Crippen LogP) is 3.34. The van der Waals surface area contributed by atoms with Crippen LogP contribution in [-0.4, -0.2) is 29.9 Å². The van der Waals surface area contributed by atoms with E-state index in [0.717, 1.165) is 33.4 Å². The fourth-order valence-electron chi connectivity index (χ4n) is 3.03. The number of rotatable bonds is 4. The van der Waals surface area contributed by atoms with Gasteiger partial charge in [-0.05, 0) is 24.3 Å². The van der Waals surface area contributed by atoms with Crippen molar-refractivity contribution < 1.29 is 4.42 Å². The molecule has 4 N–H and O–H groups in total. The molecule has 0 spiro atoms. The van der Waals surface area contributed by atoms with Gasteiger partial charge in [0.05, 0.1) is 11.8 Å². The van der Waals surface area contributed by atoms with E-state index < -0.39 is 0 Å². The monoisotopic (exact) mass is 372 g/mol. The molecule has 4 heterocycles. The molecule has 0 aliphatic carbocycles. The van der Waals surface area contributed by atoms with E-state index in [2.05, 4.69) is 30.6 Å². The summed E-state index contributed by atoms with van der Waals surface area (Å²) < 4.78 is 7.55. The lowest BCUT2D eigenvalue weighted by Crippen LogP contribution is -1.92. The highest BCUT2D eigenvalue weighted by Crippen LogP contribution is 2.31. The summed E-state index contributed by atoms with van der Waals surface area (Å²) in [7, 11) is 1.88. The van der Waals surface area contributed by atoms with E-state index in [4.69, 9.17) is 10.2 Å². The summed E-state index contributed by atoms with van der Waals surface area (Å²) in [6.45, 7) is 0. The highest BCUT2D eigenvalue weighted by molar-refractivity contribution is 5.93. The van der Waals surface area contributed by atoms with Gasteiger partial charge in [0.1, 0.15) is 5.65 Å². The molecule has 0 aliphatic rings. The van der Waals surface area contributed by atoms with Crippen LogP contribution >= 0.6 is 0 Å². The molecule has 0 amide bonds. The molecular weight excluding hydrogens is 356 g/mol. The van der Waals surface area contributed by atoms with Crippen LogP contribution in [0.1, 0.15) is 0 Å². The van der Waals surface area contributed by atoms with Gasteiger partial charge in [0.15, 0.2) is 0 Å². The molecule has 9 nitrogen and oxygen atoms in total. The summed E-state index contributed by atoms with van der Waals surface area (Å²) in [4.78, 5) is 7.63.